The van der Waals surface area contributed by atoms with Crippen LogP contribution in [-0.2, 0) is 4.79 Å². The molecular weight excluding hydrogens is 345 g/mol. The van der Waals surface area contributed by atoms with Gasteiger partial charge in [-0.3, -0.25) is 4.79 Å². The summed E-state index contributed by atoms with van der Waals surface area (Å²) in [4.78, 5) is 21.0. The Kier molecular flexibility index (Phi) is 5.21. The van der Waals surface area contributed by atoms with Gasteiger partial charge in [-0.05, 0) is 48.9 Å². The van der Waals surface area contributed by atoms with E-state index in [0.29, 0.717) is 11.3 Å². The molecule has 0 aliphatic carbocycles. The van der Waals surface area contributed by atoms with Crippen molar-refractivity contribution < 1.29 is 9.18 Å². The van der Waals surface area contributed by atoms with Crippen LogP contribution in [-0.4, -0.2) is 29.1 Å². The second-order valence-electron chi connectivity index (χ2n) is 5.87. The first-order valence-electron chi connectivity index (χ1n) is 8.25. The standard InChI is InChI=1S/C20H18FN5O/c1-12-9-19(26-20(27)18(23-2)7-8-22)24-11-15(12)17-5-3-13-10-14(21)4-6-16(13)25-17/h3-11,22-23H,1-2H3,(H,24,26,27)/b18-7-,22-8?. The molecule has 0 saturated heterocycles. The minimum atomic E-state index is -0.383. The van der Waals surface area contributed by atoms with Crippen molar-refractivity contribution in [2.24, 2.45) is 0 Å². The molecule has 27 heavy (non-hydrogen) atoms. The molecule has 0 aliphatic heterocycles. The summed E-state index contributed by atoms with van der Waals surface area (Å²) < 4.78 is 13.3. The lowest BCUT2D eigenvalue weighted by atomic mass is 10.1. The summed E-state index contributed by atoms with van der Waals surface area (Å²) in [6.07, 6.45) is 4.03. The maximum Gasteiger partial charge on any atom is 0.272 e. The van der Waals surface area contributed by atoms with Crippen LogP contribution in [0.5, 0.6) is 0 Å². The summed E-state index contributed by atoms with van der Waals surface area (Å²) in [7, 11) is 1.61. The van der Waals surface area contributed by atoms with Gasteiger partial charge in [0.2, 0.25) is 0 Å². The number of hydrogen-bond acceptors (Lipinski definition) is 5. The van der Waals surface area contributed by atoms with Gasteiger partial charge in [0, 0.05) is 30.4 Å². The van der Waals surface area contributed by atoms with Crippen molar-refractivity contribution in [2.75, 3.05) is 12.4 Å². The second-order valence-corrected chi connectivity index (χ2v) is 5.87. The first kappa shape index (κ1) is 18.2. The molecule has 0 aliphatic rings. The number of carbonyl (C=O) groups is 1. The third kappa shape index (κ3) is 3.98. The van der Waals surface area contributed by atoms with Gasteiger partial charge in [0.25, 0.3) is 5.91 Å². The maximum atomic E-state index is 13.3. The van der Waals surface area contributed by atoms with E-state index in [2.05, 4.69) is 20.6 Å². The van der Waals surface area contributed by atoms with Crippen molar-refractivity contribution in [3.63, 3.8) is 0 Å². The van der Waals surface area contributed by atoms with E-state index in [1.54, 1.807) is 25.4 Å². The highest BCUT2D eigenvalue weighted by Crippen LogP contribution is 2.25. The Balaban J connectivity index is 1.89. The Labute approximate surface area is 155 Å². The van der Waals surface area contributed by atoms with E-state index in [-0.39, 0.29) is 17.4 Å². The third-order valence-electron chi connectivity index (χ3n) is 4.04. The topological polar surface area (TPSA) is 90.8 Å². The summed E-state index contributed by atoms with van der Waals surface area (Å²) in [5, 5.41) is 13.2. The Morgan fingerprint density at radius 1 is 1.22 bits per heavy atom. The van der Waals surface area contributed by atoms with Crippen LogP contribution in [0.2, 0.25) is 0 Å². The van der Waals surface area contributed by atoms with E-state index in [4.69, 9.17) is 5.41 Å². The molecule has 7 heteroatoms. The van der Waals surface area contributed by atoms with Crippen molar-refractivity contribution >= 4 is 28.8 Å². The number of aromatic nitrogens is 2. The Morgan fingerprint density at radius 2 is 2.04 bits per heavy atom. The van der Waals surface area contributed by atoms with Crippen molar-refractivity contribution in [3.05, 3.63) is 65.7 Å². The zero-order chi connectivity index (χ0) is 19.4. The second kappa shape index (κ2) is 7.74. The van der Waals surface area contributed by atoms with E-state index in [1.165, 1.54) is 18.2 Å². The van der Waals surface area contributed by atoms with Gasteiger partial charge in [-0.2, -0.15) is 0 Å². The fourth-order valence-corrected chi connectivity index (χ4v) is 2.68. The maximum absolute atomic E-state index is 13.3. The summed E-state index contributed by atoms with van der Waals surface area (Å²) in [5.41, 5.74) is 3.38. The molecule has 2 heterocycles. The third-order valence-corrected chi connectivity index (χ3v) is 4.04. The number of nitrogens with one attached hydrogen (secondary N) is 3. The average Bonchev–Trinajstić information content (AvgIpc) is 2.65. The number of nitrogens with zero attached hydrogens (tertiary/aromatic N) is 2. The van der Waals surface area contributed by atoms with Crippen LogP contribution in [0.25, 0.3) is 22.2 Å². The molecule has 3 aromatic rings. The highest BCUT2D eigenvalue weighted by molar-refractivity contribution is 6.04. The molecule has 0 spiro atoms. The number of anilines is 1. The summed E-state index contributed by atoms with van der Waals surface area (Å²) in [6, 6.07) is 9.84. The zero-order valence-electron chi connectivity index (χ0n) is 14.9. The van der Waals surface area contributed by atoms with Crippen molar-refractivity contribution in [1.29, 1.82) is 5.41 Å². The molecule has 0 radical (unpaired) electrons. The molecule has 0 bridgehead atoms. The lowest BCUT2D eigenvalue weighted by molar-refractivity contribution is -0.113. The van der Waals surface area contributed by atoms with E-state index in [1.807, 2.05) is 19.1 Å². The van der Waals surface area contributed by atoms with Gasteiger partial charge < -0.3 is 16.0 Å². The molecule has 2 aromatic heterocycles. The first-order valence-corrected chi connectivity index (χ1v) is 8.25. The quantitative estimate of drug-likeness (QED) is 0.478. The molecule has 0 saturated carbocycles. The monoisotopic (exact) mass is 363 g/mol. The van der Waals surface area contributed by atoms with E-state index in [0.717, 1.165) is 28.4 Å². The predicted molar refractivity (Wildman–Crippen MR) is 104 cm³/mol. The number of hydrogen-bond donors (Lipinski definition) is 3. The average molecular weight is 363 g/mol. The summed E-state index contributed by atoms with van der Waals surface area (Å²) in [5.74, 6) is -0.283. The number of pyridine rings is 2. The van der Waals surface area contributed by atoms with Gasteiger partial charge in [-0.25, -0.2) is 14.4 Å². The van der Waals surface area contributed by atoms with Gasteiger partial charge in [0.15, 0.2) is 0 Å². The van der Waals surface area contributed by atoms with Gasteiger partial charge in [0.1, 0.15) is 17.3 Å². The largest absolute Gasteiger partial charge is 0.384 e. The number of benzene rings is 1. The fraction of sp³-hybridized carbons (Fsp3) is 0.100. The van der Waals surface area contributed by atoms with Gasteiger partial charge in [0.05, 0.1) is 11.2 Å². The van der Waals surface area contributed by atoms with Crippen LogP contribution in [0.1, 0.15) is 5.56 Å². The van der Waals surface area contributed by atoms with Crippen LogP contribution in [0.4, 0.5) is 10.2 Å². The summed E-state index contributed by atoms with van der Waals surface area (Å²) in [6.45, 7) is 1.90. The lowest BCUT2D eigenvalue weighted by Gasteiger charge is -2.10. The van der Waals surface area contributed by atoms with Crippen molar-refractivity contribution in [3.8, 4) is 11.3 Å². The highest BCUT2D eigenvalue weighted by atomic mass is 19.1. The lowest BCUT2D eigenvalue weighted by Crippen LogP contribution is -2.23. The molecule has 1 aromatic carbocycles. The minimum absolute atomic E-state index is 0.261. The number of rotatable bonds is 5. The molecular formula is C20H18FN5O. The number of carbonyl (C=O) groups excluding carboxylic acids is 1. The van der Waals surface area contributed by atoms with E-state index < -0.39 is 0 Å². The number of allylic oxidation sites excluding steroid dienone is 1. The van der Waals surface area contributed by atoms with E-state index >= 15 is 0 Å². The Morgan fingerprint density at radius 3 is 2.74 bits per heavy atom. The molecule has 0 unspecified atom stereocenters. The number of likely N-dealkylation sites (N-methyl/N-ethyl adjacent to an activating group) is 1. The number of aryl methyl sites for hydroxylation is 1. The van der Waals surface area contributed by atoms with Gasteiger partial charge >= 0.3 is 0 Å². The Bertz CT molecular complexity index is 1060. The number of amides is 1. The van der Waals surface area contributed by atoms with Crippen molar-refractivity contribution in [1.82, 2.24) is 15.3 Å². The van der Waals surface area contributed by atoms with Crippen LogP contribution in [0, 0.1) is 18.2 Å². The first-order chi connectivity index (χ1) is 13.0. The fourth-order valence-electron chi connectivity index (χ4n) is 2.68. The van der Waals surface area contributed by atoms with Crippen LogP contribution >= 0.6 is 0 Å². The molecule has 0 atom stereocenters. The molecule has 6 nitrogen and oxygen atoms in total. The molecule has 1 amide bonds. The molecule has 136 valence electrons. The number of fused-ring (bicyclic) bond motifs is 1. The minimum Gasteiger partial charge on any atom is -0.384 e. The normalized spacial score (nSPS) is 11.3. The SMILES string of the molecule is CN/C(=C\C=N)C(=O)Nc1cc(C)c(-c2ccc3cc(F)ccc3n2)cn1. The van der Waals surface area contributed by atoms with Crippen LogP contribution in [0.3, 0.4) is 0 Å². The van der Waals surface area contributed by atoms with Crippen LogP contribution < -0.4 is 10.6 Å². The molecule has 3 rings (SSSR count). The number of halogens is 1. The van der Waals surface area contributed by atoms with Crippen LogP contribution in [0.15, 0.2) is 54.4 Å². The molecule has 3 N–H and O–H groups in total. The van der Waals surface area contributed by atoms with Gasteiger partial charge in [-0.1, -0.05) is 6.07 Å². The zero-order valence-corrected chi connectivity index (χ0v) is 14.9. The highest BCUT2D eigenvalue weighted by Gasteiger charge is 2.11. The predicted octanol–water partition coefficient (Wildman–Crippen LogP) is 3.44. The Hall–Kier alpha value is -3.61. The molecule has 0 fully saturated rings. The van der Waals surface area contributed by atoms with E-state index in [9.17, 15) is 9.18 Å². The smallest absolute Gasteiger partial charge is 0.272 e. The summed E-state index contributed by atoms with van der Waals surface area (Å²) >= 11 is 0. The van der Waals surface area contributed by atoms with Crippen molar-refractivity contribution in [2.45, 2.75) is 6.92 Å². The van der Waals surface area contributed by atoms with Gasteiger partial charge in [-0.15, -0.1) is 0 Å².